The molecule has 0 saturated heterocycles. The highest BCUT2D eigenvalue weighted by Crippen LogP contribution is 2.16. The van der Waals surface area contributed by atoms with E-state index in [4.69, 9.17) is 0 Å². The molecule has 1 atom stereocenters. The summed E-state index contributed by atoms with van der Waals surface area (Å²) in [4.78, 5) is 4.48. The molecule has 1 N–H and O–H groups in total. The van der Waals surface area contributed by atoms with E-state index in [1.165, 1.54) is 22.4 Å². The molecule has 1 heterocycles. The molecule has 0 aliphatic carbocycles. The van der Waals surface area contributed by atoms with Crippen LogP contribution in [0, 0.1) is 20.8 Å². The third kappa shape index (κ3) is 3.88. The Bertz CT molecular complexity index is 545. The van der Waals surface area contributed by atoms with Crippen LogP contribution in [0.2, 0.25) is 0 Å². The molecule has 0 aliphatic rings. The van der Waals surface area contributed by atoms with E-state index in [0.29, 0.717) is 6.04 Å². The summed E-state index contributed by atoms with van der Waals surface area (Å²) in [5.74, 6) is 0. The minimum Gasteiger partial charge on any atom is -0.310 e. The molecule has 19 heavy (non-hydrogen) atoms. The van der Waals surface area contributed by atoms with Crippen LogP contribution in [0.1, 0.15) is 40.4 Å². The summed E-state index contributed by atoms with van der Waals surface area (Å²) in [7, 11) is 0. The predicted molar refractivity (Wildman–Crippen MR) is 82.9 cm³/mol. The Labute approximate surface area is 119 Å². The zero-order valence-electron chi connectivity index (χ0n) is 12.2. The van der Waals surface area contributed by atoms with E-state index >= 15 is 0 Å². The summed E-state index contributed by atoms with van der Waals surface area (Å²) in [6.07, 6.45) is 1.000. The van der Waals surface area contributed by atoms with Gasteiger partial charge in [0.1, 0.15) is 0 Å². The SMILES string of the molecule is Cc1nc(CCNC(C)c2ccc(C)c(C)c2)cs1. The molecule has 0 radical (unpaired) electrons. The third-order valence-electron chi connectivity index (χ3n) is 3.53. The second-order valence-electron chi connectivity index (χ2n) is 5.13. The fourth-order valence-corrected chi connectivity index (χ4v) is 2.74. The molecule has 3 heteroatoms. The summed E-state index contributed by atoms with van der Waals surface area (Å²) < 4.78 is 0. The largest absolute Gasteiger partial charge is 0.310 e. The van der Waals surface area contributed by atoms with Crippen LogP contribution < -0.4 is 5.32 Å². The molecule has 0 fully saturated rings. The van der Waals surface area contributed by atoms with E-state index in [0.717, 1.165) is 18.0 Å². The maximum absolute atomic E-state index is 4.48. The maximum Gasteiger partial charge on any atom is 0.0897 e. The van der Waals surface area contributed by atoms with Crippen molar-refractivity contribution < 1.29 is 0 Å². The fourth-order valence-electron chi connectivity index (χ4n) is 2.09. The number of aryl methyl sites for hydroxylation is 3. The fraction of sp³-hybridized carbons (Fsp3) is 0.438. The van der Waals surface area contributed by atoms with Gasteiger partial charge in [0.05, 0.1) is 10.7 Å². The van der Waals surface area contributed by atoms with Crippen LogP contribution in [0.4, 0.5) is 0 Å². The lowest BCUT2D eigenvalue weighted by molar-refractivity contribution is 0.574. The lowest BCUT2D eigenvalue weighted by Gasteiger charge is -2.15. The molecular formula is C16H22N2S. The molecule has 102 valence electrons. The number of aromatic nitrogens is 1. The van der Waals surface area contributed by atoms with E-state index in [2.05, 4.69) is 61.6 Å². The summed E-state index contributed by atoms with van der Waals surface area (Å²) in [6, 6.07) is 7.08. The van der Waals surface area contributed by atoms with Crippen molar-refractivity contribution >= 4 is 11.3 Å². The first-order valence-corrected chi connectivity index (χ1v) is 7.66. The van der Waals surface area contributed by atoms with Crippen molar-refractivity contribution in [3.05, 3.63) is 51.0 Å². The highest BCUT2D eigenvalue weighted by Gasteiger charge is 2.06. The minimum absolute atomic E-state index is 0.388. The number of nitrogens with one attached hydrogen (secondary N) is 1. The Morgan fingerprint density at radius 2 is 2.00 bits per heavy atom. The van der Waals surface area contributed by atoms with E-state index in [1.54, 1.807) is 11.3 Å². The van der Waals surface area contributed by atoms with Gasteiger partial charge >= 0.3 is 0 Å². The maximum atomic E-state index is 4.48. The van der Waals surface area contributed by atoms with Gasteiger partial charge in [-0.2, -0.15) is 0 Å². The van der Waals surface area contributed by atoms with Gasteiger partial charge in [-0.3, -0.25) is 0 Å². The van der Waals surface area contributed by atoms with E-state index in [1.807, 2.05) is 0 Å². The Hall–Kier alpha value is -1.19. The Morgan fingerprint density at radius 3 is 2.63 bits per heavy atom. The van der Waals surface area contributed by atoms with Gasteiger partial charge in [-0.05, 0) is 44.4 Å². The molecule has 2 rings (SSSR count). The van der Waals surface area contributed by atoms with Crippen molar-refractivity contribution in [3.63, 3.8) is 0 Å². The zero-order chi connectivity index (χ0) is 13.8. The van der Waals surface area contributed by atoms with Gasteiger partial charge in [0.2, 0.25) is 0 Å². The van der Waals surface area contributed by atoms with E-state index in [9.17, 15) is 0 Å². The van der Waals surface area contributed by atoms with E-state index < -0.39 is 0 Å². The van der Waals surface area contributed by atoms with Crippen LogP contribution >= 0.6 is 11.3 Å². The predicted octanol–water partition coefficient (Wildman–Crippen LogP) is 3.96. The number of benzene rings is 1. The molecule has 0 amide bonds. The Kier molecular flexibility index (Phi) is 4.72. The molecule has 0 saturated carbocycles. The summed E-state index contributed by atoms with van der Waals surface area (Å²) in [5.41, 5.74) is 5.27. The molecule has 1 aromatic carbocycles. The first kappa shape index (κ1) is 14.2. The zero-order valence-corrected chi connectivity index (χ0v) is 13.0. The van der Waals surface area contributed by atoms with Crippen molar-refractivity contribution in [1.29, 1.82) is 0 Å². The van der Waals surface area contributed by atoms with Gasteiger partial charge in [0, 0.05) is 24.4 Å². The van der Waals surface area contributed by atoms with Gasteiger partial charge in [-0.25, -0.2) is 4.98 Å². The van der Waals surface area contributed by atoms with Gasteiger partial charge in [-0.1, -0.05) is 18.2 Å². The Morgan fingerprint density at radius 1 is 1.21 bits per heavy atom. The van der Waals surface area contributed by atoms with Crippen LogP contribution in [-0.2, 0) is 6.42 Å². The van der Waals surface area contributed by atoms with Crippen molar-refractivity contribution in [2.75, 3.05) is 6.54 Å². The number of nitrogens with zero attached hydrogens (tertiary/aromatic N) is 1. The molecule has 1 aromatic heterocycles. The van der Waals surface area contributed by atoms with Crippen LogP contribution in [-0.4, -0.2) is 11.5 Å². The smallest absolute Gasteiger partial charge is 0.0897 e. The quantitative estimate of drug-likeness (QED) is 0.892. The summed E-state index contributed by atoms with van der Waals surface area (Å²) in [5, 5.41) is 6.87. The molecule has 0 aliphatic heterocycles. The van der Waals surface area contributed by atoms with Crippen LogP contribution in [0.5, 0.6) is 0 Å². The summed E-state index contributed by atoms with van der Waals surface area (Å²) >= 11 is 1.72. The van der Waals surface area contributed by atoms with Crippen LogP contribution in [0.25, 0.3) is 0 Å². The van der Waals surface area contributed by atoms with Crippen LogP contribution in [0.3, 0.4) is 0 Å². The van der Waals surface area contributed by atoms with Crippen LogP contribution in [0.15, 0.2) is 23.6 Å². The standard InChI is InChI=1S/C16H22N2S/c1-11-5-6-15(9-12(11)2)13(3)17-8-7-16-10-19-14(4)18-16/h5-6,9-10,13,17H,7-8H2,1-4H3. The number of hydrogen-bond acceptors (Lipinski definition) is 3. The first-order chi connectivity index (χ1) is 9.06. The third-order valence-corrected chi connectivity index (χ3v) is 4.35. The second kappa shape index (κ2) is 6.31. The number of rotatable bonds is 5. The molecule has 2 aromatic rings. The van der Waals surface area contributed by atoms with Crippen molar-refractivity contribution in [3.8, 4) is 0 Å². The molecular weight excluding hydrogens is 252 g/mol. The van der Waals surface area contributed by atoms with Crippen molar-refractivity contribution in [2.45, 2.75) is 40.2 Å². The summed E-state index contributed by atoms with van der Waals surface area (Å²) in [6.45, 7) is 9.57. The number of thiazole rings is 1. The molecule has 0 spiro atoms. The monoisotopic (exact) mass is 274 g/mol. The minimum atomic E-state index is 0.388. The lowest BCUT2D eigenvalue weighted by atomic mass is 10.0. The topological polar surface area (TPSA) is 24.9 Å². The van der Waals surface area contributed by atoms with E-state index in [-0.39, 0.29) is 0 Å². The molecule has 1 unspecified atom stereocenters. The first-order valence-electron chi connectivity index (χ1n) is 6.78. The average Bonchev–Trinajstić information content (AvgIpc) is 2.78. The normalized spacial score (nSPS) is 12.6. The van der Waals surface area contributed by atoms with Crippen molar-refractivity contribution in [2.24, 2.45) is 0 Å². The highest BCUT2D eigenvalue weighted by molar-refractivity contribution is 7.09. The van der Waals surface area contributed by atoms with Gasteiger partial charge in [-0.15, -0.1) is 11.3 Å². The Balaban J connectivity index is 1.86. The highest BCUT2D eigenvalue weighted by atomic mass is 32.1. The molecule has 2 nitrogen and oxygen atoms in total. The van der Waals surface area contributed by atoms with Crippen molar-refractivity contribution in [1.82, 2.24) is 10.3 Å². The second-order valence-corrected chi connectivity index (χ2v) is 6.19. The molecule has 0 bridgehead atoms. The lowest BCUT2D eigenvalue weighted by Crippen LogP contribution is -2.21. The van der Waals surface area contributed by atoms with Gasteiger partial charge < -0.3 is 5.32 Å². The number of hydrogen-bond donors (Lipinski definition) is 1. The average molecular weight is 274 g/mol. The van der Waals surface area contributed by atoms with Gasteiger partial charge in [0.15, 0.2) is 0 Å². The van der Waals surface area contributed by atoms with Gasteiger partial charge in [0.25, 0.3) is 0 Å².